The predicted octanol–water partition coefficient (Wildman–Crippen LogP) is 4.44. The predicted molar refractivity (Wildman–Crippen MR) is 132 cm³/mol. The third kappa shape index (κ3) is 7.71. The number of benzene rings is 3. The first kappa shape index (κ1) is 24.4. The van der Waals surface area contributed by atoms with Gasteiger partial charge in [-0.2, -0.15) is 0 Å². The molecule has 0 spiro atoms. The van der Waals surface area contributed by atoms with E-state index in [9.17, 15) is 4.79 Å². The summed E-state index contributed by atoms with van der Waals surface area (Å²) in [5.41, 5.74) is 4.42. The topological polar surface area (TPSA) is 90.8 Å². The highest BCUT2D eigenvalue weighted by Crippen LogP contribution is 2.25. The number of carbonyl (C=O) groups is 1. The number of hydrogen-bond acceptors (Lipinski definition) is 6. The van der Waals surface area contributed by atoms with Gasteiger partial charge in [0, 0.05) is 16.3 Å². The Hall–Kier alpha value is -2.25. The summed E-state index contributed by atoms with van der Waals surface area (Å²) < 4.78 is 4.73. The minimum Gasteiger partial charge on any atom is -0.328 e. The fourth-order valence-electron chi connectivity index (χ4n) is 3.08. The molecule has 0 fully saturated rings. The fourth-order valence-corrected chi connectivity index (χ4v) is 4.26. The average Bonchev–Trinajstić information content (AvgIpc) is 2.81. The van der Waals surface area contributed by atoms with E-state index in [-0.39, 0.29) is 12.5 Å². The van der Waals surface area contributed by atoms with Crippen LogP contribution >= 0.6 is 20.4 Å². The number of aryl methyl sites for hydroxylation is 1. The maximum Gasteiger partial charge on any atom is 0.327 e. The standard InChI is InChI=1S/C24H27N2O4PS/c1-25-23(17-30-31(28)29)24(27)26-21-11-13-22(14-12-21)32-16-15-18-7-9-20(10-8-18)19-5-3-2-4-6-19/h2-14,23,25,28-29H,15-17H2,1H3,(H,26,27). The van der Waals surface area contributed by atoms with Crippen LogP contribution in [-0.2, 0) is 15.7 Å². The summed E-state index contributed by atoms with van der Waals surface area (Å²) in [5.74, 6) is 0.657. The van der Waals surface area contributed by atoms with E-state index in [0.717, 1.165) is 17.1 Å². The van der Waals surface area contributed by atoms with E-state index in [2.05, 4.69) is 47.0 Å². The Morgan fingerprint density at radius 3 is 2.25 bits per heavy atom. The summed E-state index contributed by atoms with van der Waals surface area (Å²) in [6, 6.07) is 26.0. The van der Waals surface area contributed by atoms with Crippen LogP contribution < -0.4 is 10.6 Å². The highest BCUT2D eigenvalue weighted by atomic mass is 32.2. The number of hydrogen-bond donors (Lipinski definition) is 4. The van der Waals surface area contributed by atoms with Crippen LogP contribution in [0.5, 0.6) is 0 Å². The minimum absolute atomic E-state index is 0.124. The molecule has 3 aromatic carbocycles. The van der Waals surface area contributed by atoms with Gasteiger partial charge in [-0.25, -0.2) is 0 Å². The van der Waals surface area contributed by atoms with Gasteiger partial charge in [0.2, 0.25) is 5.91 Å². The number of likely N-dealkylation sites (N-methyl/N-ethyl adjacent to an activating group) is 1. The van der Waals surface area contributed by atoms with Crippen LogP contribution in [0.25, 0.3) is 11.1 Å². The Morgan fingerprint density at radius 2 is 1.62 bits per heavy atom. The molecular weight excluding hydrogens is 443 g/mol. The zero-order valence-corrected chi connectivity index (χ0v) is 19.5. The van der Waals surface area contributed by atoms with Crippen molar-refractivity contribution in [2.45, 2.75) is 17.4 Å². The molecule has 1 amide bonds. The van der Waals surface area contributed by atoms with Crippen molar-refractivity contribution in [1.29, 1.82) is 0 Å². The van der Waals surface area contributed by atoms with Crippen molar-refractivity contribution >= 4 is 32.0 Å². The van der Waals surface area contributed by atoms with Gasteiger partial charge in [-0.1, -0.05) is 54.6 Å². The van der Waals surface area contributed by atoms with Crippen molar-refractivity contribution in [3.8, 4) is 11.1 Å². The fraction of sp³-hybridized carbons (Fsp3) is 0.208. The second-order valence-electron chi connectivity index (χ2n) is 7.06. The van der Waals surface area contributed by atoms with Crippen molar-refractivity contribution in [3.63, 3.8) is 0 Å². The Kier molecular flexibility index (Phi) is 9.68. The molecule has 3 rings (SSSR count). The first-order chi connectivity index (χ1) is 15.5. The van der Waals surface area contributed by atoms with Gasteiger partial charge in [-0.05, 0) is 54.4 Å². The van der Waals surface area contributed by atoms with E-state index in [1.807, 2.05) is 42.5 Å². The Labute approximate surface area is 194 Å². The molecule has 168 valence electrons. The van der Waals surface area contributed by atoms with Crippen molar-refractivity contribution < 1.29 is 19.1 Å². The number of nitrogens with one attached hydrogen (secondary N) is 2. The molecule has 0 aliphatic rings. The van der Waals surface area contributed by atoms with Gasteiger partial charge in [0.25, 0.3) is 0 Å². The summed E-state index contributed by atoms with van der Waals surface area (Å²) >= 11 is 1.77. The van der Waals surface area contributed by atoms with Crippen LogP contribution in [0, 0.1) is 0 Å². The Bertz CT molecular complexity index is 970. The monoisotopic (exact) mass is 470 g/mol. The molecular formula is C24H27N2O4PS. The lowest BCUT2D eigenvalue weighted by Gasteiger charge is -2.16. The number of rotatable bonds is 11. The molecule has 8 heteroatoms. The maximum absolute atomic E-state index is 12.3. The largest absolute Gasteiger partial charge is 0.328 e. The molecule has 0 aliphatic carbocycles. The molecule has 0 aromatic heterocycles. The highest BCUT2D eigenvalue weighted by Gasteiger charge is 2.18. The van der Waals surface area contributed by atoms with Crippen LogP contribution in [0.4, 0.5) is 5.69 Å². The molecule has 3 aromatic rings. The summed E-state index contributed by atoms with van der Waals surface area (Å²) in [5, 5.41) is 5.59. The van der Waals surface area contributed by atoms with Gasteiger partial charge in [0.05, 0.1) is 6.61 Å². The van der Waals surface area contributed by atoms with Gasteiger partial charge in [-0.15, -0.1) is 11.8 Å². The van der Waals surface area contributed by atoms with Crippen molar-refractivity contribution in [3.05, 3.63) is 84.4 Å². The van der Waals surface area contributed by atoms with E-state index >= 15 is 0 Å². The summed E-state index contributed by atoms with van der Waals surface area (Å²) in [4.78, 5) is 31.1. The number of thioether (sulfide) groups is 1. The van der Waals surface area contributed by atoms with Gasteiger partial charge >= 0.3 is 8.60 Å². The molecule has 1 unspecified atom stereocenters. The number of carbonyl (C=O) groups excluding carboxylic acids is 1. The van der Waals surface area contributed by atoms with E-state index in [1.54, 1.807) is 18.8 Å². The van der Waals surface area contributed by atoms with Crippen LogP contribution in [0.1, 0.15) is 5.56 Å². The molecule has 0 saturated heterocycles. The molecule has 1 atom stereocenters. The van der Waals surface area contributed by atoms with Crippen molar-refractivity contribution in [2.75, 3.05) is 24.7 Å². The number of amides is 1. The lowest BCUT2D eigenvalue weighted by atomic mass is 10.0. The molecule has 6 nitrogen and oxygen atoms in total. The number of anilines is 1. The first-order valence-corrected chi connectivity index (χ1v) is 12.4. The van der Waals surface area contributed by atoms with Gasteiger partial charge in [0.1, 0.15) is 6.04 Å². The molecule has 4 N–H and O–H groups in total. The Morgan fingerprint density at radius 1 is 0.969 bits per heavy atom. The lowest BCUT2D eigenvalue weighted by molar-refractivity contribution is -0.118. The van der Waals surface area contributed by atoms with Crippen LogP contribution in [-0.4, -0.2) is 41.1 Å². The lowest BCUT2D eigenvalue weighted by Crippen LogP contribution is -2.41. The summed E-state index contributed by atoms with van der Waals surface area (Å²) in [6.07, 6.45) is 0.973. The van der Waals surface area contributed by atoms with E-state index in [4.69, 9.17) is 14.3 Å². The van der Waals surface area contributed by atoms with Crippen LogP contribution in [0.15, 0.2) is 83.8 Å². The van der Waals surface area contributed by atoms with Crippen LogP contribution in [0.3, 0.4) is 0 Å². The van der Waals surface area contributed by atoms with Crippen molar-refractivity contribution in [1.82, 2.24) is 5.32 Å². The molecule has 0 bridgehead atoms. The zero-order chi connectivity index (χ0) is 22.8. The third-order valence-corrected chi connectivity index (χ3v) is 6.26. The second-order valence-corrected chi connectivity index (χ2v) is 9.00. The van der Waals surface area contributed by atoms with Gasteiger partial charge < -0.3 is 24.9 Å². The van der Waals surface area contributed by atoms with Crippen LogP contribution in [0.2, 0.25) is 0 Å². The zero-order valence-electron chi connectivity index (χ0n) is 17.8. The quantitative estimate of drug-likeness (QED) is 0.245. The van der Waals surface area contributed by atoms with E-state index in [0.29, 0.717) is 5.69 Å². The molecule has 0 radical (unpaired) electrons. The van der Waals surface area contributed by atoms with Gasteiger partial charge in [-0.3, -0.25) is 4.79 Å². The Balaban J connectivity index is 1.45. The summed E-state index contributed by atoms with van der Waals surface area (Å²) in [6.45, 7) is -0.124. The SMILES string of the molecule is CNC(COP(O)O)C(=O)Nc1ccc(SCCc2ccc(-c3ccccc3)cc2)cc1. The second kappa shape index (κ2) is 12.7. The molecule has 0 heterocycles. The minimum atomic E-state index is -2.49. The van der Waals surface area contributed by atoms with E-state index < -0.39 is 14.6 Å². The average molecular weight is 471 g/mol. The highest BCUT2D eigenvalue weighted by molar-refractivity contribution is 7.99. The smallest absolute Gasteiger partial charge is 0.327 e. The van der Waals surface area contributed by atoms with Crippen molar-refractivity contribution in [2.24, 2.45) is 0 Å². The molecule has 0 aliphatic heterocycles. The van der Waals surface area contributed by atoms with E-state index in [1.165, 1.54) is 16.7 Å². The van der Waals surface area contributed by atoms with Gasteiger partial charge in [0.15, 0.2) is 0 Å². The normalized spacial score (nSPS) is 12.0. The summed E-state index contributed by atoms with van der Waals surface area (Å²) in [7, 11) is -0.875. The molecule has 32 heavy (non-hydrogen) atoms. The maximum atomic E-state index is 12.3. The molecule has 0 saturated carbocycles. The third-order valence-electron chi connectivity index (χ3n) is 4.86. The first-order valence-electron chi connectivity index (χ1n) is 10.2.